The van der Waals surface area contributed by atoms with Crippen molar-refractivity contribution in [2.24, 2.45) is 0 Å². The van der Waals surface area contributed by atoms with Gasteiger partial charge in [-0.05, 0) is 12.1 Å². The van der Waals surface area contributed by atoms with Crippen molar-refractivity contribution in [1.29, 1.82) is 0 Å². The third kappa shape index (κ3) is 2.08. The Kier molecular flexibility index (Phi) is 3.38. The summed E-state index contributed by atoms with van der Waals surface area (Å²) in [5, 5.41) is 19.2. The van der Waals surface area contributed by atoms with Crippen molar-refractivity contribution in [3.05, 3.63) is 33.9 Å². The van der Waals surface area contributed by atoms with Crippen molar-refractivity contribution in [3.63, 3.8) is 0 Å². The zero-order valence-corrected chi connectivity index (χ0v) is 8.31. The fraction of sp³-hybridized carbons (Fsp3) is 0.333. The van der Waals surface area contributed by atoms with Crippen molar-refractivity contribution in [2.45, 2.75) is 5.92 Å². The number of ether oxygens (including phenoxy) is 1. The lowest BCUT2D eigenvalue weighted by Crippen LogP contribution is -2.20. The molecule has 0 bridgehead atoms. The maximum absolute atomic E-state index is 13.2. The molecule has 1 N–H and O–H groups in total. The summed E-state index contributed by atoms with van der Waals surface area (Å²) in [6, 6.07) is 3.29. The summed E-state index contributed by atoms with van der Waals surface area (Å²) >= 11 is 0. The summed E-state index contributed by atoms with van der Waals surface area (Å²) in [4.78, 5) is 9.71. The molecule has 0 aromatic heterocycles. The van der Waals surface area contributed by atoms with Crippen LogP contribution in [0.2, 0.25) is 0 Å². The molecule has 0 saturated heterocycles. The highest BCUT2D eigenvalue weighted by atomic mass is 19.3. The van der Waals surface area contributed by atoms with E-state index in [-0.39, 0.29) is 5.75 Å². The van der Waals surface area contributed by atoms with Crippen LogP contribution in [0.3, 0.4) is 0 Å². The maximum atomic E-state index is 13.2. The van der Waals surface area contributed by atoms with Crippen LogP contribution in [0.4, 0.5) is 14.5 Å². The molecule has 0 aliphatic carbocycles. The van der Waals surface area contributed by atoms with Crippen LogP contribution in [0.5, 0.6) is 5.75 Å². The van der Waals surface area contributed by atoms with Gasteiger partial charge < -0.3 is 9.84 Å². The van der Waals surface area contributed by atoms with Crippen LogP contribution in [0.1, 0.15) is 5.56 Å². The molecule has 0 spiro atoms. The average Bonchev–Trinajstić information content (AvgIpc) is 2.27. The topological polar surface area (TPSA) is 72.6 Å². The van der Waals surface area contributed by atoms with Crippen molar-refractivity contribution >= 4 is 5.69 Å². The minimum atomic E-state index is -3.67. The number of para-hydroxylation sites is 1. The van der Waals surface area contributed by atoms with E-state index >= 15 is 0 Å². The molecule has 0 atom stereocenters. The number of alkyl halides is 2. The highest BCUT2D eigenvalue weighted by Crippen LogP contribution is 2.39. The van der Waals surface area contributed by atoms with E-state index in [4.69, 9.17) is 5.11 Å². The molecule has 0 heterocycles. The van der Waals surface area contributed by atoms with Crippen LogP contribution in [0.15, 0.2) is 18.2 Å². The zero-order chi connectivity index (χ0) is 12.3. The van der Waals surface area contributed by atoms with Gasteiger partial charge in [0, 0.05) is 0 Å². The standard InChI is InChI=1S/C9H9F2NO4/c1-16-7-4-2-3-6(8(7)12(14)15)9(10,11)5-13/h2-4,13H,5H2,1H3. The summed E-state index contributed by atoms with van der Waals surface area (Å²) in [6.07, 6.45) is 0. The van der Waals surface area contributed by atoms with Crippen LogP contribution in [0.25, 0.3) is 0 Å². The quantitative estimate of drug-likeness (QED) is 0.634. The van der Waals surface area contributed by atoms with Crippen LogP contribution in [-0.4, -0.2) is 23.7 Å². The van der Waals surface area contributed by atoms with Gasteiger partial charge in [-0.3, -0.25) is 10.1 Å². The molecule has 16 heavy (non-hydrogen) atoms. The van der Waals surface area contributed by atoms with Gasteiger partial charge in [0.15, 0.2) is 5.75 Å². The van der Waals surface area contributed by atoms with Gasteiger partial charge in [-0.1, -0.05) is 6.07 Å². The number of halogens is 2. The number of benzene rings is 1. The second-order valence-electron chi connectivity index (χ2n) is 2.98. The number of rotatable bonds is 4. The van der Waals surface area contributed by atoms with Gasteiger partial charge in [-0.15, -0.1) is 0 Å². The van der Waals surface area contributed by atoms with E-state index in [9.17, 15) is 18.9 Å². The van der Waals surface area contributed by atoms with Crippen molar-refractivity contribution in [2.75, 3.05) is 13.7 Å². The molecule has 1 aromatic carbocycles. The van der Waals surface area contributed by atoms with Crippen LogP contribution >= 0.6 is 0 Å². The Labute approximate surface area is 89.4 Å². The Morgan fingerprint density at radius 3 is 2.62 bits per heavy atom. The minimum absolute atomic E-state index is 0.268. The van der Waals surface area contributed by atoms with Gasteiger partial charge in [0.25, 0.3) is 0 Å². The first kappa shape index (κ1) is 12.3. The Bertz CT molecular complexity index is 408. The lowest BCUT2D eigenvalue weighted by molar-refractivity contribution is -0.388. The Morgan fingerprint density at radius 2 is 2.19 bits per heavy atom. The van der Waals surface area contributed by atoms with Crippen molar-refractivity contribution in [3.8, 4) is 5.75 Å². The fourth-order valence-electron chi connectivity index (χ4n) is 1.26. The highest BCUT2D eigenvalue weighted by Gasteiger charge is 2.39. The molecule has 0 unspecified atom stereocenters. The second-order valence-corrected chi connectivity index (χ2v) is 2.98. The first-order valence-electron chi connectivity index (χ1n) is 4.24. The van der Waals surface area contributed by atoms with Crippen LogP contribution in [0, 0.1) is 10.1 Å². The van der Waals surface area contributed by atoms with Gasteiger partial charge >= 0.3 is 11.6 Å². The molecule has 0 aliphatic heterocycles. The summed E-state index contributed by atoms with van der Waals surface area (Å²) in [7, 11) is 1.14. The smallest absolute Gasteiger partial charge is 0.320 e. The lowest BCUT2D eigenvalue weighted by Gasteiger charge is -2.14. The number of aliphatic hydroxyl groups excluding tert-OH is 1. The molecule has 1 rings (SSSR count). The number of aliphatic hydroxyl groups is 1. The van der Waals surface area contributed by atoms with E-state index in [1.54, 1.807) is 0 Å². The molecule has 1 aromatic rings. The molecule has 88 valence electrons. The number of methoxy groups -OCH3 is 1. The number of hydrogen-bond donors (Lipinski definition) is 1. The molecule has 0 aliphatic rings. The van der Waals surface area contributed by atoms with E-state index in [0.29, 0.717) is 0 Å². The zero-order valence-electron chi connectivity index (χ0n) is 8.31. The van der Waals surface area contributed by atoms with Gasteiger partial charge in [-0.2, -0.15) is 8.78 Å². The first-order valence-corrected chi connectivity index (χ1v) is 4.24. The molecule has 5 nitrogen and oxygen atoms in total. The van der Waals surface area contributed by atoms with Gasteiger partial charge in [0.05, 0.1) is 12.0 Å². The van der Waals surface area contributed by atoms with E-state index in [1.807, 2.05) is 0 Å². The molecular weight excluding hydrogens is 224 g/mol. The van der Waals surface area contributed by atoms with E-state index in [2.05, 4.69) is 4.74 Å². The van der Waals surface area contributed by atoms with Crippen LogP contribution in [-0.2, 0) is 5.92 Å². The summed E-state index contributed by atoms with van der Waals surface area (Å²) < 4.78 is 31.1. The Morgan fingerprint density at radius 1 is 1.56 bits per heavy atom. The largest absolute Gasteiger partial charge is 0.490 e. The Hall–Kier alpha value is -1.76. The van der Waals surface area contributed by atoms with Crippen molar-refractivity contribution in [1.82, 2.24) is 0 Å². The number of nitro groups is 1. The second kappa shape index (κ2) is 4.40. The predicted octanol–water partition coefficient (Wildman–Crippen LogP) is 1.69. The highest BCUT2D eigenvalue weighted by molar-refractivity contribution is 5.54. The summed E-state index contributed by atoms with van der Waals surface area (Å²) in [5.41, 5.74) is -1.69. The molecular formula is C9H9F2NO4. The van der Waals surface area contributed by atoms with E-state index in [0.717, 1.165) is 13.2 Å². The third-order valence-electron chi connectivity index (χ3n) is 1.99. The summed E-state index contributed by atoms with van der Waals surface area (Å²) in [6.45, 7) is -1.50. The van der Waals surface area contributed by atoms with Gasteiger partial charge in [0.2, 0.25) is 0 Å². The summed E-state index contributed by atoms with van der Waals surface area (Å²) in [5.74, 6) is -3.94. The monoisotopic (exact) mass is 233 g/mol. The lowest BCUT2D eigenvalue weighted by atomic mass is 10.1. The van der Waals surface area contributed by atoms with Crippen LogP contribution < -0.4 is 4.74 Å². The SMILES string of the molecule is COc1cccc(C(F)(F)CO)c1[N+](=O)[O-]. The van der Waals surface area contributed by atoms with Crippen molar-refractivity contribution < 1.29 is 23.5 Å². The average molecular weight is 233 g/mol. The fourth-order valence-corrected chi connectivity index (χ4v) is 1.26. The van der Waals surface area contributed by atoms with Gasteiger partial charge in [-0.25, -0.2) is 0 Å². The molecule has 0 radical (unpaired) electrons. The predicted molar refractivity (Wildman–Crippen MR) is 50.6 cm³/mol. The third-order valence-corrected chi connectivity index (χ3v) is 1.99. The van der Waals surface area contributed by atoms with Gasteiger partial charge in [0.1, 0.15) is 12.2 Å². The normalized spacial score (nSPS) is 11.2. The van der Waals surface area contributed by atoms with E-state index in [1.165, 1.54) is 12.1 Å². The number of hydrogen-bond acceptors (Lipinski definition) is 4. The maximum Gasteiger partial charge on any atom is 0.320 e. The molecule has 0 amide bonds. The Balaban J connectivity index is 3.45. The van der Waals surface area contributed by atoms with E-state index < -0.39 is 28.7 Å². The minimum Gasteiger partial charge on any atom is -0.490 e. The molecule has 7 heteroatoms. The first-order chi connectivity index (χ1) is 7.44. The number of nitrogens with zero attached hydrogens (tertiary/aromatic N) is 1. The molecule has 0 fully saturated rings. The molecule has 0 saturated carbocycles. The number of nitro benzene ring substituents is 1.